The van der Waals surface area contributed by atoms with Crippen molar-refractivity contribution in [2.45, 2.75) is 27.2 Å². The Balaban J connectivity index is 2.58. The van der Waals surface area contributed by atoms with Gasteiger partial charge in [0.2, 0.25) is 0 Å². The molecule has 0 spiro atoms. The quantitative estimate of drug-likeness (QED) is 0.628. The molecule has 0 aliphatic heterocycles. The predicted molar refractivity (Wildman–Crippen MR) is 72.8 cm³/mol. The zero-order chi connectivity index (χ0) is 12.4. The summed E-state index contributed by atoms with van der Waals surface area (Å²) in [5.41, 5.74) is 7.03. The first kappa shape index (κ1) is 11.9. The molecule has 0 saturated heterocycles. The molecule has 2 rings (SSSR count). The van der Waals surface area contributed by atoms with E-state index in [0.29, 0.717) is 5.92 Å². The zero-order valence-corrected chi connectivity index (χ0v) is 10.6. The highest BCUT2D eigenvalue weighted by Gasteiger charge is 2.06. The molecule has 0 saturated carbocycles. The van der Waals surface area contributed by atoms with Gasteiger partial charge < -0.3 is 5.43 Å². The van der Waals surface area contributed by atoms with Gasteiger partial charge in [-0.15, -0.1) is 0 Å². The van der Waals surface area contributed by atoms with Crippen molar-refractivity contribution in [2.24, 2.45) is 11.8 Å². The second kappa shape index (κ2) is 4.72. The standard InChI is InChI=1S/C14H19N3/c1-9(2)6-11-8-14(17-15)12-7-10(3)4-5-13(12)16-11/h4-5,7-9H,6,15H2,1-3H3,(H,16,17). The van der Waals surface area contributed by atoms with Gasteiger partial charge in [-0.05, 0) is 37.5 Å². The predicted octanol–water partition coefficient (Wildman–Crippen LogP) is 3.03. The number of aromatic nitrogens is 1. The van der Waals surface area contributed by atoms with E-state index in [0.717, 1.165) is 28.7 Å². The number of aryl methyl sites for hydroxylation is 1. The normalized spacial score (nSPS) is 11.1. The Hall–Kier alpha value is -1.61. The summed E-state index contributed by atoms with van der Waals surface area (Å²) in [6.45, 7) is 6.45. The number of anilines is 1. The van der Waals surface area contributed by atoms with E-state index in [1.165, 1.54) is 5.56 Å². The minimum atomic E-state index is 0.594. The summed E-state index contributed by atoms with van der Waals surface area (Å²) in [6.07, 6.45) is 0.971. The van der Waals surface area contributed by atoms with E-state index < -0.39 is 0 Å². The van der Waals surface area contributed by atoms with Gasteiger partial charge in [0.1, 0.15) is 0 Å². The largest absolute Gasteiger partial charge is 0.323 e. The molecule has 0 amide bonds. The van der Waals surface area contributed by atoms with Crippen molar-refractivity contribution in [3.05, 3.63) is 35.5 Å². The monoisotopic (exact) mass is 229 g/mol. The molecule has 1 aromatic carbocycles. The number of hydrogen-bond donors (Lipinski definition) is 2. The van der Waals surface area contributed by atoms with E-state index in [2.05, 4.69) is 49.4 Å². The second-order valence-corrected chi connectivity index (χ2v) is 4.92. The van der Waals surface area contributed by atoms with Gasteiger partial charge in [-0.25, -0.2) is 0 Å². The van der Waals surface area contributed by atoms with Gasteiger partial charge in [0, 0.05) is 11.1 Å². The highest BCUT2D eigenvalue weighted by molar-refractivity contribution is 5.91. The van der Waals surface area contributed by atoms with Gasteiger partial charge in [-0.1, -0.05) is 25.5 Å². The van der Waals surface area contributed by atoms with Crippen LogP contribution in [0.5, 0.6) is 0 Å². The number of hydrogen-bond acceptors (Lipinski definition) is 3. The fourth-order valence-electron chi connectivity index (χ4n) is 2.04. The third-order valence-electron chi connectivity index (χ3n) is 2.79. The zero-order valence-electron chi connectivity index (χ0n) is 10.6. The van der Waals surface area contributed by atoms with Crippen LogP contribution < -0.4 is 11.3 Å². The minimum absolute atomic E-state index is 0.594. The van der Waals surface area contributed by atoms with Crippen LogP contribution in [0.15, 0.2) is 24.3 Å². The van der Waals surface area contributed by atoms with Crippen LogP contribution in [0, 0.1) is 12.8 Å². The average Bonchev–Trinajstić information content (AvgIpc) is 2.27. The average molecular weight is 229 g/mol. The molecule has 17 heavy (non-hydrogen) atoms. The summed E-state index contributed by atoms with van der Waals surface area (Å²) >= 11 is 0. The fraction of sp³-hybridized carbons (Fsp3) is 0.357. The smallest absolute Gasteiger partial charge is 0.0726 e. The first-order valence-electron chi connectivity index (χ1n) is 5.97. The fourth-order valence-corrected chi connectivity index (χ4v) is 2.04. The molecule has 2 aromatic rings. The highest BCUT2D eigenvalue weighted by Crippen LogP contribution is 2.24. The minimum Gasteiger partial charge on any atom is -0.323 e. The van der Waals surface area contributed by atoms with Gasteiger partial charge in [0.25, 0.3) is 0 Å². The molecule has 0 bridgehead atoms. The van der Waals surface area contributed by atoms with Crippen LogP contribution in [0.1, 0.15) is 25.1 Å². The summed E-state index contributed by atoms with van der Waals surface area (Å²) in [6, 6.07) is 8.28. The van der Waals surface area contributed by atoms with Crippen LogP contribution >= 0.6 is 0 Å². The van der Waals surface area contributed by atoms with Crippen LogP contribution in [0.4, 0.5) is 5.69 Å². The first-order chi connectivity index (χ1) is 8.10. The molecule has 1 aromatic heterocycles. The van der Waals surface area contributed by atoms with E-state index in [1.807, 2.05) is 6.07 Å². The summed E-state index contributed by atoms with van der Waals surface area (Å²) in [5.74, 6) is 6.18. The van der Waals surface area contributed by atoms with E-state index >= 15 is 0 Å². The molecule has 90 valence electrons. The Bertz CT molecular complexity index is 532. The van der Waals surface area contributed by atoms with E-state index in [4.69, 9.17) is 5.84 Å². The topological polar surface area (TPSA) is 50.9 Å². The van der Waals surface area contributed by atoms with Crippen molar-refractivity contribution in [3.63, 3.8) is 0 Å². The molecule has 1 heterocycles. The molecule has 0 radical (unpaired) electrons. The number of rotatable bonds is 3. The summed E-state index contributed by atoms with van der Waals surface area (Å²) < 4.78 is 0. The lowest BCUT2D eigenvalue weighted by molar-refractivity contribution is 0.637. The number of benzene rings is 1. The Morgan fingerprint density at radius 3 is 2.71 bits per heavy atom. The third kappa shape index (κ3) is 2.56. The van der Waals surface area contributed by atoms with E-state index in [-0.39, 0.29) is 0 Å². The molecule has 3 nitrogen and oxygen atoms in total. The van der Waals surface area contributed by atoms with Crippen LogP contribution in [-0.2, 0) is 6.42 Å². The number of nitrogens with zero attached hydrogens (tertiary/aromatic N) is 1. The summed E-state index contributed by atoms with van der Waals surface area (Å²) in [5, 5.41) is 1.08. The van der Waals surface area contributed by atoms with Crippen LogP contribution in [0.25, 0.3) is 10.9 Å². The molecule has 0 unspecified atom stereocenters. The van der Waals surface area contributed by atoms with E-state index in [1.54, 1.807) is 0 Å². The maximum Gasteiger partial charge on any atom is 0.0726 e. The number of fused-ring (bicyclic) bond motifs is 1. The maximum atomic E-state index is 5.59. The number of nitrogen functional groups attached to an aromatic ring is 1. The van der Waals surface area contributed by atoms with Crippen molar-refractivity contribution in [1.29, 1.82) is 0 Å². The Morgan fingerprint density at radius 1 is 1.29 bits per heavy atom. The highest BCUT2D eigenvalue weighted by atomic mass is 15.2. The van der Waals surface area contributed by atoms with Crippen LogP contribution in [-0.4, -0.2) is 4.98 Å². The van der Waals surface area contributed by atoms with Gasteiger partial charge >= 0.3 is 0 Å². The SMILES string of the molecule is Cc1ccc2nc(CC(C)C)cc(NN)c2c1. The van der Waals surface area contributed by atoms with Crippen molar-refractivity contribution in [1.82, 2.24) is 4.98 Å². The number of pyridine rings is 1. The van der Waals surface area contributed by atoms with Gasteiger partial charge in [0.05, 0.1) is 11.2 Å². The Kier molecular flexibility index (Phi) is 3.29. The van der Waals surface area contributed by atoms with Crippen molar-refractivity contribution in [3.8, 4) is 0 Å². The Morgan fingerprint density at radius 2 is 2.06 bits per heavy atom. The lowest BCUT2D eigenvalue weighted by Crippen LogP contribution is -2.09. The first-order valence-corrected chi connectivity index (χ1v) is 5.97. The molecule has 0 aliphatic carbocycles. The molecule has 0 atom stereocenters. The lowest BCUT2D eigenvalue weighted by Gasteiger charge is -2.11. The van der Waals surface area contributed by atoms with Crippen LogP contribution in [0.3, 0.4) is 0 Å². The van der Waals surface area contributed by atoms with Gasteiger partial charge in [0.15, 0.2) is 0 Å². The summed E-state index contributed by atoms with van der Waals surface area (Å²) in [4.78, 5) is 4.67. The number of nitrogens with one attached hydrogen (secondary N) is 1. The number of nitrogens with two attached hydrogens (primary N) is 1. The summed E-state index contributed by atoms with van der Waals surface area (Å²) in [7, 11) is 0. The van der Waals surface area contributed by atoms with Crippen LogP contribution in [0.2, 0.25) is 0 Å². The third-order valence-corrected chi connectivity index (χ3v) is 2.79. The van der Waals surface area contributed by atoms with E-state index in [9.17, 15) is 0 Å². The molecule has 0 aliphatic rings. The van der Waals surface area contributed by atoms with Crippen molar-refractivity contribution >= 4 is 16.6 Å². The number of hydrazine groups is 1. The molecule has 3 heteroatoms. The second-order valence-electron chi connectivity index (χ2n) is 4.92. The van der Waals surface area contributed by atoms with Gasteiger partial charge in [-0.2, -0.15) is 0 Å². The van der Waals surface area contributed by atoms with Crippen molar-refractivity contribution < 1.29 is 0 Å². The van der Waals surface area contributed by atoms with Crippen molar-refractivity contribution in [2.75, 3.05) is 5.43 Å². The lowest BCUT2D eigenvalue weighted by atomic mass is 10.0. The van der Waals surface area contributed by atoms with Gasteiger partial charge in [-0.3, -0.25) is 10.8 Å². The molecular formula is C14H19N3. The molecule has 3 N–H and O–H groups in total. The molecular weight excluding hydrogens is 210 g/mol. The Labute approximate surface area is 102 Å². The molecule has 0 fully saturated rings. The maximum absolute atomic E-state index is 5.59.